The van der Waals surface area contributed by atoms with Crippen LogP contribution in [0, 0.1) is 0 Å². The van der Waals surface area contributed by atoms with Gasteiger partial charge in [0.05, 0.1) is 13.5 Å². The summed E-state index contributed by atoms with van der Waals surface area (Å²) in [6.07, 6.45) is 2.98. The van der Waals surface area contributed by atoms with Gasteiger partial charge in [-0.3, -0.25) is 9.59 Å². The van der Waals surface area contributed by atoms with E-state index in [-0.39, 0.29) is 18.3 Å². The average molecular weight is 290 g/mol. The highest BCUT2D eigenvalue weighted by atomic mass is 16.5. The molecule has 0 aromatic heterocycles. The Labute approximate surface area is 125 Å². The number of amides is 1. The van der Waals surface area contributed by atoms with E-state index in [0.717, 1.165) is 24.0 Å². The predicted octanol–water partition coefficient (Wildman–Crippen LogP) is 1.16. The van der Waals surface area contributed by atoms with E-state index in [0.29, 0.717) is 25.6 Å². The fourth-order valence-electron chi connectivity index (χ4n) is 2.08. The third-order valence-corrected chi connectivity index (χ3v) is 3.47. The number of carbonyl (C=O) groups excluding carboxylic acids is 2. The highest BCUT2D eigenvalue weighted by molar-refractivity contribution is 5.76. The molecule has 0 aliphatic heterocycles. The van der Waals surface area contributed by atoms with Crippen molar-refractivity contribution in [1.82, 2.24) is 10.6 Å². The molecule has 5 heteroatoms. The van der Waals surface area contributed by atoms with Gasteiger partial charge in [0.1, 0.15) is 0 Å². The molecule has 0 atom stereocenters. The fourth-order valence-corrected chi connectivity index (χ4v) is 2.08. The van der Waals surface area contributed by atoms with Gasteiger partial charge in [-0.2, -0.15) is 0 Å². The normalized spacial score (nSPS) is 13.8. The lowest BCUT2D eigenvalue weighted by Crippen LogP contribution is -2.29. The first-order valence-electron chi connectivity index (χ1n) is 7.32. The number of hydrogen-bond donors (Lipinski definition) is 2. The van der Waals surface area contributed by atoms with Crippen LogP contribution in [0.5, 0.6) is 0 Å². The maximum Gasteiger partial charge on any atom is 0.309 e. The second-order valence-electron chi connectivity index (χ2n) is 5.29. The number of nitrogens with one attached hydrogen (secondary N) is 2. The van der Waals surface area contributed by atoms with Gasteiger partial charge in [-0.15, -0.1) is 0 Å². The van der Waals surface area contributed by atoms with Crippen molar-refractivity contribution in [3.63, 3.8) is 0 Å². The molecule has 1 amide bonds. The molecular weight excluding hydrogens is 268 g/mol. The molecule has 21 heavy (non-hydrogen) atoms. The monoisotopic (exact) mass is 290 g/mol. The van der Waals surface area contributed by atoms with E-state index >= 15 is 0 Å². The van der Waals surface area contributed by atoms with Crippen molar-refractivity contribution in [2.45, 2.75) is 38.3 Å². The van der Waals surface area contributed by atoms with Gasteiger partial charge in [0.2, 0.25) is 5.91 Å². The molecule has 0 heterocycles. The summed E-state index contributed by atoms with van der Waals surface area (Å²) in [7, 11) is 1.39. The predicted molar refractivity (Wildman–Crippen MR) is 79.7 cm³/mol. The zero-order valence-electron chi connectivity index (χ0n) is 12.4. The molecule has 1 aromatic rings. The lowest BCUT2D eigenvalue weighted by atomic mass is 10.0. The van der Waals surface area contributed by atoms with E-state index in [1.165, 1.54) is 7.11 Å². The first kappa shape index (κ1) is 15.5. The number of esters is 1. The van der Waals surface area contributed by atoms with Gasteiger partial charge < -0.3 is 15.4 Å². The quantitative estimate of drug-likeness (QED) is 0.557. The summed E-state index contributed by atoms with van der Waals surface area (Å²) in [6.45, 7) is 1.27. The van der Waals surface area contributed by atoms with Gasteiger partial charge in [-0.05, 0) is 24.0 Å². The van der Waals surface area contributed by atoms with Crippen LogP contribution in [-0.2, 0) is 27.3 Å². The molecule has 1 aliphatic rings. The van der Waals surface area contributed by atoms with Crippen LogP contribution in [0.15, 0.2) is 24.3 Å². The van der Waals surface area contributed by atoms with Crippen LogP contribution in [0.3, 0.4) is 0 Å². The highest BCUT2D eigenvalue weighted by Crippen LogP contribution is 2.18. The molecule has 0 radical (unpaired) electrons. The molecule has 0 spiro atoms. The maximum absolute atomic E-state index is 11.5. The van der Waals surface area contributed by atoms with Crippen LogP contribution in [0.2, 0.25) is 0 Å². The molecule has 2 N–H and O–H groups in total. The SMILES string of the molecule is COC(=O)Cc1ccccc1CNCCC(=O)NC1CC1. The van der Waals surface area contributed by atoms with Crippen LogP contribution in [-0.4, -0.2) is 31.6 Å². The molecule has 1 fully saturated rings. The van der Waals surface area contributed by atoms with Crippen molar-refractivity contribution in [2.24, 2.45) is 0 Å². The summed E-state index contributed by atoms with van der Waals surface area (Å²) < 4.78 is 4.70. The van der Waals surface area contributed by atoms with E-state index in [1.54, 1.807) is 0 Å². The van der Waals surface area contributed by atoms with E-state index in [9.17, 15) is 9.59 Å². The van der Waals surface area contributed by atoms with Crippen molar-refractivity contribution in [3.05, 3.63) is 35.4 Å². The average Bonchev–Trinajstić information content (AvgIpc) is 3.29. The molecule has 0 bridgehead atoms. The molecule has 0 unspecified atom stereocenters. The van der Waals surface area contributed by atoms with E-state index < -0.39 is 0 Å². The Kier molecular flexibility index (Phi) is 5.75. The van der Waals surface area contributed by atoms with Gasteiger partial charge in [0.25, 0.3) is 0 Å². The second kappa shape index (κ2) is 7.78. The number of rotatable bonds is 8. The molecule has 1 saturated carbocycles. The summed E-state index contributed by atoms with van der Waals surface area (Å²) >= 11 is 0. The standard InChI is InChI=1S/C16H22N2O3/c1-21-16(20)10-12-4-2-3-5-13(12)11-17-9-8-15(19)18-14-6-7-14/h2-5,14,17H,6-11H2,1H3,(H,18,19). The van der Waals surface area contributed by atoms with Crippen LogP contribution in [0.25, 0.3) is 0 Å². The van der Waals surface area contributed by atoms with Crippen molar-refractivity contribution in [1.29, 1.82) is 0 Å². The largest absolute Gasteiger partial charge is 0.469 e. The Morgan fingerprint density at radius 1 is 1.24 bits per heavy atom. The first-order valence-corrected chi connectivity index (χ1v) is 7.32. The van der Waals surface area contributed by atoms with Crippen LogP contribution < -0.4 is 10.6 Å². The second-order valence-corrected chi connectivity index (χ2v) is 5.29. The number of ether oxygens (including phenoxy) is 1. The van der Waals surface area contributed by atoms with Crippen LogP contribution in [0.1, 0.15) is 30.4 Å². The zero-order chi connectivity index (χ0) is 15.1. The van der Waals surface area contributed by atoms with Gasteiger partial charge in [0, 0.05) is 25.6 Å². The van der Waals surface area contributed by atoms with E-state index in [2.05, 4.69) is 10.6 Å². The Morgan fingerprint density at radius 2 is 1.95 bits per heavy atom. The summed E-state index contributed by atoms with van der Waals surface area (Å²) in [5, 5.41) is 6.20. The number of methoxy groups -OCH3 is 1. The number of benzene rings is 1. The smallest absolute Gasteiger partial charge is 0.309 e. The number of hydrogen-bond acceptors (Lipinski definition) is 4. The maximum atomic E-state index is 11.5. The van der Waals surface area contributed by atoms with Crippen LogP contribution in [0.4, 0.5) is 0 Å². The summed E-state index contributed by atoms with van der Waals surface area (Å²) in [5.41, 5.74) is 2.02. The van der Waals surface area contributed by atoms with Crippen molar-refractivity contribution >= 4 is 11.9 Å². The van der Waals surface area contributed by atoms with Gasteiger partial charge in [-0.1, -0.05) is 24.3 Å². The van der Waals surface area contributed by atoms with Gasteiger partial charge in [0.15, 0.2) is 0 Å². The minimum absolute atomic E-state index is 0.104. The molecule has 0 saturated heterocycles. The van der Waals surface area contributed by atoms with Gasteiger partial charge >= 0.3 is 5.97 Å². The molecule has 1 aromatic carbocycles. The molecule has 2 rings (SSSR count). The summed E-state index contributed by atoms with van der Waals surface area (Å²) in [4.78, 5) is 22.9. The first-order chi connectivity index (χ1) is 10.2. The minimum Gasteiger partial charge on any atom is -0.469 e. The van der Waals surface area contributed by atoms with Gasteiger partial charge in [-0.25, -0.2) is 0 Å². The lowest BCUT2D eigenvalue weighted by Gasteiger charge is -2.10. The topological polar surface area (TPSA) is 67.4 Å². The minimum atomic E-state index is -0.244. The van der Waals surface area contributed by atoms with Crippen LogP contribution >= 0.6 is 0 Å². The summed E-state index contributed by atoms with van der Waals surface area (Å²) in [6, 6.07) is 8.17. The Balaban J connectivity index is 1.74. The molecular formula is C16H22N2O3. The molecule has 5 nitrogen and oxygen atoms in total. The van der Waals surface area contributed by atoms with Crippen molar-refractivity contribution < 1.29 is 14.3 Å². The Bertz CT molecular complexity index is 498. The highest BCUT2D eigenvalue weighted by Gasteiger charge is 2.22. The van der Waals surface area contributed by atoms with E-state index in [4.69, 9.17) is 4.74 Å². The third kappa shape index (κ3) is 5.55. The van der Waals surface area contributed by atoms with E-state index in [1.807, 2.05) is 24.3 Å². The third-order valence-electron chi connectivity index (χ3n) is 3.47. The molecule has 1 aliphatic carbocycles. The zero-order valence-corrected chi connectivity index (χ0v) is 12.4. The number of carbonyl (C=O) groups is 2. The fraction of sp³-hybridized carbons (Fsp3) is 0.500. The lowest BCUT2D eigenvalue weighted by molar-refractivity contribution is -0.139. The summed E-state index contributed by atoms with van der Waals surface area (Å²) in [5.74, 6) is -0.140. The Morgan fingerprint density at radius 3 is 2.62 bits per heavy atom. The van der Waals surface area contributed by atoms with Crippen molar-refractivity contribution in [3.8, 4) is 0 Å². The Hall–Kier alpha value is -1.88. The molecule has 114 valence electrons. The van der Waals surface area contributed by atoms with Crippen molar-refractivity contribution in [2.75, 3.05) is 13.7 Å².